The SMILES string of the molecule is COC1C[C@@H]2CC[C@@H](C)[C@@](O)(O2)C(=O)C(=O)N2CCCC[C@H]2C(=O)O[C@H]([C@H](C)C[C@@H]2CC[C@H](C)[C@H](OC)C2)CC(=O)[C@H](C)/C=C(\C)[C@@H](O)[C@@H](OC)C(=O)[C@H](C)C[C@H](C)/C=C/C=C/C=C/1C. The Morgan fingerprint density at radius 2 is 1.57 bits per heavy atom. The molecule has 366 valence electrons. The molecule has 0 aromatic rings. The number of allylic oxidation sites excluding steroid dienone is 6. The second-order valence-electron chi connectivity index (χ2n) is 20.0. The molecule has 3 aliphatic heterocycles. The van der Waals surface area contributed by atoms with Gasteiger partial charge in [0.2, 0.25) is 5.79 Å². The number of fused-ring (bicyclic) bond motifs is 3. The van der Waals surface area contributed by atoms with Crippen molar-refractivity contribution in [3.8, 4) is 0 Å². The zero-order valence-electron chi connectivity index (χ0n) is 41.2. The second-order valence-corrected chi connectivity index (χ2v) is 20.0. The maximum absolute atomic E-state index is 14.4. The van der Waals surface area contributed by atoms with Crippen LogP contribution in [0.3, 0.4) is 0 Å². The Balaban J connectivity index is 1.70. The molecule has 13 nitrogen and oxygen atoms in total. The third kappa shape index (κ3) is 14.3. The van der Waals surface area contributed by atoms with Gasteiger partial charge in [-0.15, -0.1) is 0 Å². The second kappa shape index (κ2) is 25.2. The molecule has 0 radical (unpaired) electrons. The highest BCUT2D eigenvalue weighted by Gasteiger charge is 2.53. The number of hydrogen-bond acceptors (Lipinski definition) is 12. The van der Waals surface area contributed by atoms with Crippen LogP contribution in [0.2, 0.25) is 0 Å². The molecule has 1 saturated carbocycles. The minimum Gasteiger partial charge on any atom is -0.460 e. The maximum atomic E-state index is 14.4. The van der Waals surface area contributed by atoms with Gasteiger partial charge in [-0.2, -0.15) is 0 Å². The van der Waals surface area contributed by atoms with Crippen LogP contribution in [0.15, 0.2) is 47.6 Å². The van der Waals surface area contributed by atoms with Crippen LogP contribution in [-0.2, 0) is 47.7 Å². The van der Waals surface area contributed by atoms with Gasteiger partial charge in [0.05, 0.1) is 18.3 Å². The Morgan fingerprint density at radius 3 is 2.25 bits per heavy atom. The molecule has 2 saturated heterocycles. The molecular weight excluding hydrogens is 831 g/mol. The predicted octanol–water partition coefficient (Wildman–Crippen LogP) is 7.46. The molecule has 4 aliphatic rings. The fraction of sp³-hybridized carbons (Fsp3) is 0.750. The van der Waals surface area contributed by atoms with Crippen LogP contribution in [-0.4, -0.2) is 121 Å². The van der Waals surface area contributed by atoms with E-state index in [1.807, 2.05) is 58.1 Å². The summed E-state index contributed by atoms with van der Waals surface area (Å²) in [5, 5.41) is 23.4. The Hall–Kier alpha value is -3.33. The van der Waals surface area contributed by atoms with Gasteiger partial charge in [-0.1, -0.05) is 78.0 Å². The summed E-state index contributed by atoms with van der Waals surface area (Å²) >= 11 is 0. The smallest absolute Gasteiger partial charge is 0.329 e. The number of cyclic esters (lactones) is 1. The molecular formula is C52H81NO12. The lowest BCUT2D eigenvalue weighted by molar-refractivity contribution is -0.265. The van der Waals surface area contributed by atoms with Crippen LogP contribution in [0.1, 0.15) is 132 Å². The van der Waals surface area contributed by atoms with E-state index in [0.717, 1.165) is 24.8 Å². The normalized spacial score (nSPS) is 40.4. The van der Waals surface area contributed by atoms with E-state index in [9.17, 15) is 34.2 Å². The van der Waals surface area contributed by atoms with E-state index in [0.29, 0.717) is 56.4 Å². The van der Waals surface area contributed by atoms with Gasteiger partial charge < -0.3 is 38.8 Å². The molecule has 1 aliphatic carbocycles. The van der Waals surface area contributed by atoms with Crippen molar-refractivity contribution in [2.24, 2.45) is 41.4 Å². The standard InChI is InChI=1S/C52H81NO12/c1-31-17-13-12-14-18-32(2)44(62-10)29-40-23-21-38(8)52(60,65-40)49(57)50(58)53-24-16-15-19-41(53)51(59)64-45(35(5)27-39-22-20-33(3)43(28-39)61-9)30-42(54)34(4)26-37(7)47(56)48(63-11)46(55)36(6)25-31/h12-14,17-18,26,31,33-36,38-41,43-45,47-48,56,60H,15-16,19-25,27-30H2,1-11H3/b14-12+,17-13+,32-18+,37-26+/t31-,33+,34-,35-,36-,38-,39+,40+,41+,43-,44?,45+,47-,48+,52-/m1/s1. The van der Waals surface area contributed by atoms with Gasteiger partial charge in [-0.25, -0.2) is 4.79 Å². The number of aliphatic hydroxyl groups excluding tert-OH is 1. The van der Waals surface area contributed by atoms with E-state index in [-0.39, 0.29) is 54.8 Å². The minimum absolute atomic E-state index is 0.0304. The summed E-state index contributed by atoms with van der Waals surface area (Å²) in [6.07, 6.45) is 13.6. The lowest BCUT2D eigenvalue weighted by atomic mass is 9.76. The number of carbonyl (C=O) groups excluding carboxylic acids is 5. The number of hydrogen-bond donors (Lipinski definition) is 2. The van der Waals surface area contributed by atoms with Crippen molar-refractivity contribution in [3.63, 3.8) is 0 Å². The largest absolute Gasteiger partial charge is 0.460 e. The van der Waals surface area contributed by atoms with Gasteiger partial charge in [0.1, 0.15) is 30.1 Å². The maximum Gasteiger partial charge on any atom is 0.329 e. The van der Waals surface area contributed by atoms with Crippen LogP contribution < -0.4 is 0 Å². The van der Waals surface area contributed by atoms with Crippen molar-refractivity contribution < 1.29 is 57.9 Å². The lowest BCUT2D eigenvalue weighted by Gasteiger charge is -2.42. The number of amides is 1. The highest BCUT2D eigenvalue weighted by Crippen LogP contribution is 2.38. The topological polar surface area (TPSA) is 175 Å². The first-order valence-electron chi connectivity index (χ1n) is 24.2. The number of rotatable bonds is 6. The van der Waals surface area contributed by atoms with E-state index in [2.05, 4.69) is 6.92 Å². The number of aliphatic hydroxyl groups is 2. The average Bonchev–Trinajstić information content (AvgIpc) is 3.28. The van der Waals surface area contributed by atoms with Crippen molar-refractivity contribution >= 4 is 29.2 Å². The van der Waals surface area contributed by atoms with E-state index in [1.54, 1.807) is 41.1 Å². The summed E-state index contributed by atoms with van der Waals surface area (Å²) in [7, 11) is 4.70. The Morgan fingerprint density at radius 1 is 0.846 bits per heavy atom. The van der Waals surface area contributed by atoms with Gasteiger partial charge in [0, 0.05) is 58.5 Å². The fourth-order valence-electron chi connectivity index (χ4n) is 10.4. The number of piperidine rings is 1. The summed E-state index contributed by atoms with van der Waals surface area (Å²) < 4.78 is 29.7. The van der Waals surface area contributed by atoms with E-state index >= 15 is 0 Å². The molecule has 0 aromatic heterocycles. The zero-order valence-corrected chi connectivity index (χ0v) is 41.2. The van der Waals surface area contributed by atoms with Gasteiger partial charge in [-0.05, 0) is 113 Å². The summed E-state index contributed by atoms with van der Waals surface area (Å²) in [4.78, 5) is 71.9. The Labute approximate surface area is 388 Å². The lowest BCUT2D eigenvalue weighted by Crippen LogP contribution is -2.61. The summed E-state index contributed by atoms with van der Waals surface area (Å²) in [6.45, 7) is 15.1. The van der Waals surface area contributed by atoms with Gasteiger partial charge in [-0.3, -0.25) is 19.2 Å². The van der Waals surface area contributed by atoms with E-state index in [4.69, 9.17) is 23.7 Å². The predicted molar refractivity (Wildman–Crippen MR) is 248 cm³/mol. The highest BCUT2D eigenvalue weighted by molar-refractivity contribution is 6.39. The van der Waals surface area contributed by atoms with Gasteiger partial charge in [0.15, 0.2) is 5.78 Å². The molecule has 0 aromatic carbocycles. The first-order chi connectivity index (χ1) is 30.7. The summed E-state index contributed by atoms with van der Waals surface area (Å²) in [5.74, 6) is -7.07. The molecule has 15 atom stereocenters. The fourth-order valence-corrected chi connectivity index (χ4v) is 10.4. The molecule has 1 unspecified atom stereocenters. The number of ketones is 3. The van der Waals surface area contributed by atoms with Crippen LogP contribution in [0, 0.1) is 41.4 Å². The monoisotopic (exact) mass is 912 g/mol. The molecule has 2 N–H and O–H groups in total. The van der Waals surface area contributed by atoms with Gasteiger partial charge in [0.25, 0.3) is 11.7 Å². The molecule has 1 amide bonds. The molecule has 2 bridgehead atoms. The van der Waals surface area contributed by atoms with Crippen molar-refractivity contribution in [3.05, 3.63) is 47.6 Å². The van der Waals surface area contributed by atoms with Crippen LogP contribution >= 0.6 is 0 Å². The van der Waals surface area contributed by atoms with Gasteiger partial charge >= 0.3 is 5.97 Å². The van der Waals surface area contributed by atoms with Crippen molar-refractivity contribution in [2.75, 3.05) is 27.9 Å². The number of Topliss-reactive ketones (excluding diaryl/α,β-unsaturated/α-hetero) is 3. The number of esters is 1. The third-order valence-corrected chi connectivity index (χ3v) is 14.8. The molecule has 13 heteroatoms. The molecule has 4 rings (SSSR count). The summed E-state index contributed by atoms with van der Waals surface area (Å²) in [6, 6.07) is -1.11. The molecule has 3 fully saturated rings. The first-order valence-corrected chi connectivity index (χ1v) is 24.2. The first kappa shape index (κ1) is 54.3. The number of methoxy groups -OCH3 is 3. The third-order valence-electron chi connectivity index (χ3n) is 14.8. The Bertz CT molecular complexity index is 1750. The highest BCUT2D eigenvalue weighted by atomic mass is 16.6. The number of ether oxygens (including phenoxy) is 5. The summed E-state index contributed by atoms with van der Waals surface area (Å²) in [5.41, 5.74) is 1.30. The van der Waals surface area contributed by atoms with E-state index in [1.165, 1.54) is 12.0 Å². The minimum atomic E-state index is -2.41. The molecule has 3 heterocycles. The molecule has 65 heavy (non-hydrogen) atoms. The van der Waals surface area contributed by atoms with Crippen molar-refractivity contribution in [1.29, 1.82) is 0 Å². The van der Waals surface area contributed by atoms with E-state index < -0.39 is 77.8 Å². The zero-order chi connectivity index (χ0) is 48.2. The van der Waals surface area contributed by atoms with Crippen LogP contribution in [0.25, 0.3) is 0 Å². The number of carbonyl (C=O) groups is 5. The number of nitrogens with zero attached hydrogens (tertiary/aromatic N) is 1. The average molecular weight is 912 g/mol. The van der Waals surface area contributed by atoms with Crippen molar-refractivity contribution in [1.82, 2.24) is 4.90 Å². The quantitative estimate of drug-likeness (QED) is 0.153. The van der Waals surface area contributed by atoms with Crippen LogP contribution in [0.4, 0.5) is 0 Å². The van der Waals surface area contributed by atoms with Crippen molar-refractivity contribution in [2.45, 2.75) is 181 Å². The molecule has 0 spiro atoms. The Kier molecular flexibility index (Phi) is 21.0. The van der Waals surface area contributed by atoms with Crippen LogP contribution in [0.5, 0.6) is 0 Å².